The lowest BCUT2D eigenvalue weighted by Crippen LogP contribution is -2.27. The summed E-state index contributed by atoms with van der Waals surface area (Å²) < 4.78 is 18.8. The number of nitro groups is 2. The van der Waals surface area contributed by atoms with Gasteiger partial charge in [0, 0.05) is 11.6 Å². The molecule has 176 valence electrons. The van der Waals surface area contributed by atoms with Crippen molar-refractivity contribution < 1.29 is 28.6 Å². The number of hydrogen-bond acceptors (Lipinski definition) is 8. The number of hydrogen-bond donors (Lipinski definition) is 0. The standard InChI is InChI=1S/C23H14FN3O7S/c24-16-7-5-14(6-8-16)13-25-22(28)21(35-23(25)29)11-15-3-1-2-4-19(15)34-20-10-9-17(26(30)31)12-18(20)27(32)33/h1-12H,13H2/b21-11-. The second-order valence-electron chi connectivity index (χ2n) is 7.20. The molecule has 0 unspecified atom stereocenters. The molecule has 10 nitrogen and oxygen atoms in total. The summed E-state index contributed by atoms with van der Waals surface area (Å²) in [6, 6.07) is 14.7. The van der Waals surface area contributed by atoms with E-state index in [1.165, 1.54) is 36.4 Å². The Morgan fingerprint density at radius 2 is 1.66 bits per heavy atom. The summed E-state index contributed by atoms with van der Waals surface area (Å²) in [5.41, 5.74) is -0.141. The molecule has 3 aromatic rings. The molecule has 1 aliphatic heterocycles. The number of carbonyl (C=O) groups excluding carboxylic acids is 2. The molecule has 0 radical (unpaired) electrons. The zero-order chi connectivity index (χ0) is 25.1. The fourth-order valence-corrected chi connectivity index (χ4v) is 4.04. The zero-order valence-electron chi connectivity index (χ0n) is 17.6. The lowest BCUT2D eigenvalue weighted by atomic mass is 10.1. The Labute approximate surface area is 200 Å². The van der Waals surface area contributed by atoms with Crippen LogP contribution < -0.4 is 4.74 Å². The van der Waals surface area contributed by atoms with E-state index in [1.54, 1.807) is 18.2 Å². The van der Waals surface area contributed by atoms with Gasteiger partial charge in [0.05, 0.1) is 27.4 Å². The van der Waals surface area contributed by atoms with Crippen LogP contribution >= 0.6 is 11.8 Å². The van der Waals surface area contributed by atoms with Gasteiger partial charge in [-0.3, -0.25) is 34.7 Å². The number of nitro benzene ring substituents is 2. The molecule has 0 spiro atoms. The average molecular weight is 495 g/mol. The van der Waals surface area contributed by atoms with E-state index in [2.05, 4.69) is 0 Å². The minimum absolute atomic E-state index is 0.0323. The third-order valence-corrected chi connectivity index (χ3v) is 5.81. The van der Waals surface area contributed by atoms with Crippen molar-refractivity contribution in [1.82, 2.24) is 4.90 Å². The first-order valence-corrected chi connectivity index (χ1v) is 10.7. The van der Waals surface area contributed by atoms with Gasteiger partial charge >= 0.3 is 5.69 Å². The molecule has 12 heteroatoms. The zero-order valence-corrected chi connectivity index (χ0v) is 18.4. The number of benzene rings is 3. The Morgan fingerprint density at radius 1 is 0.943 bits per heavy atom. The first-order valence-electron chi connectivity index (χ1n) is 9.92. The number of thioether (sulfide) groups is 1. The summed E-state index contributed by atoms with van der Waals surface area (Å²) in [5, 5.41) is 21.9. The van der Waals surface area contributed by atoms with Crippen LogP contribution in [0.4, 0.5) is 20.6 Å². The summed E-state index contributed by atoms with van der Waals surface area (Å²) in [4.78, 5) is 47.2. The molecule has 0 saturated carbocycles. The Kier molecular flexibility index (Phi) is 6.55. The SMILES string of the molecule is O=C1S/C(=C\c2ccccc2Oc2ccc([N+](=O)[O-])cc2[N+](=O)[O-])C(=O)N1Cc1ccc(F)cc1. The van der Waals surface area contributed by atoms with Crippen LogP contribution in [0.5, 0.6) is 11.5 Å². The third kappa shape index (κ3) is 5.17. The number of para-hydroxylation sites is 1. The molecule has 35 heavy (non-hydrogen) atoms. The average Bonchev–Trinajstić information content (AvgIpc) is 3.09. The molecule has 1 saturated heterocycles. The highest BCUT2D eigenvalue weighted by molar-refractivity contribution is 8.18. The highest BCUT2D eigenvalue weighted by Crippen LogP contribution is 2.38. The summed E-state index contributed by atoms with van der Waals surface area (Å²) >= 11 is 0.713. The van der Waals surface area contributed by atoms with Crippen LogP contribution in [0, 0.1) is 26.0 Å². The van der Waals surface area contributed by atoms with Crippen molar-refractivity contribution in [2.45, 2.75) is 6.54 Å². The van der Waals surface area contributed by atoms with Crippen LogP contribution in [0.15, 0.2) is 71.6 Å². The minimum Gasteiger partial charge on any atom is -0.449 e. The van der Waals surface area contributed by atoms with Crippen molar-refractivity contribution >= 4 is 40.4 Å². The van der Waals surface area contributed by atoms with Crippen LogP contribution in [-0.4, -0.2) is 25.9 Å². The number of amides is 2. The van der Waals surface area contributed by atoms with Crippen LogP contribution in [0.25, 0.3) is 6.08 Å². The molecular weight excluding hydrogens is 481 g/mol. The monoisotopic (exact) mass is 495 g/mol. The van der Waals surface area contributed by atoms with E-state index in [1.807, 2.05) is 0 Å². The highest BCUT2D eigenvalue weighted by Gasteiger charge is 2.35. The Bertz CT molecular complexity index is 1390. The van der Waals surface area contributed by atoms with Crippen LogP contribution in [0.2, 0.25) is 0 Å². The lowest BCUT2D eigenvalue weighted by molar-refractivity contribution is -0.394. The molecule has 3 aromatic carbocycles. The maximum absolute atomic E-state index is 13.1. The number of nitrogens with zero attached hydrogens (tertiary/aromatic N) is 3. The largest absolute Gasteiger partial charge is 0.449 e. The number of non-ortho nitro benzene ring substituents is 1. The van der Waals surface area contributed by atoms with E-state index in [-0.39, 0.29) is 22.9 Å². The Morgan fingerprint density at radius 3 is 2.34 bits per heavy atom. The molecular formula is C23H14FN3O7S. The summed E-state index contributed by atoms with van der Waals surface area (Å²) in [5.74, 6) is -1.09. The maximum Gasteiger partial charge on any atom is 0.318 e. The molecule has 2 amide bonds. The van der Waals surface area contributed by atoms with E-state index in [4.69, 9.17) is 4.74 Å². The second kappa shape index (κ2) is 9.73. The van der Waals surface area contributed by atoms with Crippen molar-refractivity contribution in [3.05, 3.63) is 109 Å². The van der Waals surface area contributed by atoms with E-state index >= 15 is 0 Å². The predicted octanol–water partition coefficient (Wildman–Crippen LogP) is 5.67. The smallest absolute Gasteiger partial charge is 0.318 e. The van der Waals surface area contributed by atoms with Gasteiger partial charge < -0.3 is 4.74 Å². The topological polar surface area (TPSA) is 133 Å². The van der Waals surface area contributed by atoms with E-state index < -0.39 is 38.2 Å². The molecule has 0 bridgehead atoms. The summed E-state index contributed by atoms with van der Waals surface area (Å²) in [6.07, 6.45) is 1.42. The number of imide groups is 1. The molecule has 0 N–H and O–H groups in total. The van der Waals surface area contributed by atoms with Gasteiger partial charge in [0.1, 0.15) is 11.6 Å². The van der Waals surface area contributed by atoms with E-state index in [0.717, 1.165) is 23.1 Å². The molecule has 1 fully saturated rings. The fraction of sp³-hybridized carbons (Fsp3) is 0.0435. The highest BCUT2D eigenvalue weighted by atomic mass is 32.2. The molecule has 1 heterocycles. The van der Waals surface area contributed by atoms with Gasteiger partial charge in [0.15, 0.2) is 0 Å². The summed E-state index contributed by atoms with van der Waals surface area (Å²) in [7, 11) is 0. The van der Waals surface area contributed by atoms with Gasteiger partial charge in [-0.25, -0.2) is 4.39 Å². The molecule has 0 aromatic heterocycles. The normalized spacial score (nSPS) is 14.4. The van der Waals surface area contributed by atoms with Gasteiger partial charge in [-0.05, 0) is 47.7 Å². The molecule has 0 aliphatic carbocycles. The van der Waals surface area contributed by atoms with Crippen LogP contribution in [-0.2, 0) is 11.3 Å². The van der Waals surface area contributed by atoms with Crippen molar-refractivity contribution in [3.8, 4) is 11.5 Å². The lowest BCUT2D eigenvalue weighted by Gasteiger charge is -2.12. The maximum atomic E-state index is 13.1. The van der Waals surface area contributed by atoms with Crippen LogP contribution in [0.3, 0.4) is 0 Å². The number of halogens is 1. The van der Waals surface area contributed by atoms with Gasteiger partial charge in [0.2, 0.25) is 5.75 Å². The van der Waals surface area contributed by atoms with Crippen molar-refractivity contribution in [1.29, 1.82) is 0 Å². The van der Waals surface area contributed by atoms with Crippen molar-refractivity contribution in [3.63, 3.8) is 0 Å². The quantitative estimate of drug-likeness (QED) is 0.233. The van der Waals surface area contributed by atoms with E-state index in [0.29, 0.717) is 22.9 Å². The molecule has 1 aliphatic rings. The van der Waals surface area contributed by atoms with Gasteiger partial charge in [0.25, 0.3) is 16.8 Å². The molecule has 0 atom stereocenters. The Balaban J connectivity index is 1.61. The predicted molar refractivity (Wildman–Crippen MR) is 124 cm³/mol. The van der Waals surface area contributed by atoms with Crippen LogP contribution in [0.1, 0.15) is 11.1 Å². The van der Waals surface area contributed by atoms with Gasteiger partial charge in [-0.1, -0.05) is 30.3 Å². The number of ether oxygens (including phenoxy) is 1. The van der Waals surface area contributed by atoms with Crippen molar-refractivity contribution in [2.24, 2.45) is 0 Å². The fourth-order valence-electron chi connectivity index (χ4n) is 3.21. The van der Waals surface area contributed by atoms with Gasteiger partial charge in [-0.15, -0.1) is 0 Å². The molecule has 4 rings (SSSR count). The summed E-state index contributed by atoms with van der Waals surface area (Å²) in [6.45, 7) is -0.0323. The van der Waals surface area contributed by atoms with E-state index in [9.17, 15) is 34.2 Å². The van der Waals surface area contributed by atoms with Gasteiger partial charge in [-0.2, -0.15) is 0 Å². The second-order valence-corrected chi connectivity index (χ2v) is 8.19. The van der Waals surface area contributed by atoms with Crippen molar-refractivity contribution in [2.75, 3.05) is 0 Å². The minimum atomic E-state index is -0.800. The first kappa shape index (κ1) is 23.6. The number of rotatable bonds is 7. The first-order chi connectivity index (χ1) is 16.7. The Hall–Kier alpha value is -4.58. The third-order valence-electron chi connectivity index (χ3n) is 4.90. The number of carbonyl (C=O) groups is 2.